The predicted octanol–water partition coefficient (Wildman–Crippen LogP) is 1.72. The first-order valence-corrected chi connectivity index (χ1v) is 9.47. The molecule has 2 N–H and O–H groups in total. The summed E-state index contributed by atoms with van der Waals surface area (Å²) in [5, 5.41) is 5.93. The van der Waals surface area contributed by atoms with Crippen molar-refractivity contribution in [2.75, 3.05) is 6.54 Å². The minimum atomic E-state index is -0.509. The predicted molar refractivity (Wildman–Crippen MR) is 105 cm³/mol. The van der Waals surface area contributed by atoms with Crippen LogP contribution < -0.4 is 16.6 Å². The van der Waals surface area contributed by atoms with Crippen LogP contribution in [0.3, 0.4) is 0 Å². The Morgan fingerprint density at radius 3 is 2.67 bits per heavy atom. The van der Waals surface area contributed by atoms with Gasteiger partial charge in [0.05, 0.1) is 10.7 Å². The van der Waals surface area contributed by atoms with E-state index in [-0.39, 0.29) is 18.9 Å². The van der Waals surface area contributed by atoms with Gasteiger partial charge in [-0.2, -0.15) is 0 Å². The summed E-state index contributed by atoms with van der Waals surface area (Å²) >= 11 is 1.63. The number of H-pyrrole nitrogens is 1. The number of carbonyl (C=O) groups excluding carboxylic acids is 1. The van der Waals surface area contributed by atoms with Gasteiger partial charge in [0.25, 0.3) is 5.56 Å². The van der Waals surface area contributed by atoms with E-state index in [1.54, 1.807) is 11.3 Å². The lowest BCUT2D eigenvalue weighted by Gasteiger charge is -2.07. The van der Waals surface area contributed by atoms with Gasteiger partial charge in [0.15, 0.2) is 0 Å². The van der Waals surface area contributed by atoms with Crippen LogP contribution >= 0.6 is 11.3 Å². The second kappa shape index (κ2) is 8.59. The normalized spacial score (nSPS) is 10.7. The maximum absolute atomic E-state index is 11.9. The van der Waals surface area contributed by atoms with Gasteiger partial charge in [-0.05, 0) is 18.9 Å². The van der Waals surface area contributed by atoms with E-state index in [1.807, 2.05) is 36.6 Å². The lowest BCUT2D eigenvalue weighted by Crippen LogP contribution is -2.31. The Morgan fingerprint density at radius 1 is 1.22 bits per heavy atom. The molecule has 1 aromatic carbocycles. The molecule has 3 rings (SSSR count). The molecule has 0 bridgehead atoms. The summed E-state index contributed by atoms with van der Waals surface area (Å²) in [5.74, 6) is -0.136. The summed E-state index contributed by atoms with van der Waals surface area (Å²) in [4.78, 5) is 41.1. The third-order valence-electron chi connectivity index (χ3n) is 4.08. The minimum absolute atomic E-state index is 0.136. The Bertz CT molecular complexity index is 1030. The van der Waals surface area contributed by atoms with Crippen molar-refractivity contribution in [3.63, 3.8) is 0 Å². The van der Waals surface area contributed by atoms with E-state index in [2.05, 4.69) is 15.3 Å². The molecule has 8 heteroatoms. The fourth-order valence-electron chi connectivity index (χ4n) is 2.62. The lowest BCUT2D eigenvalue weighted by atomic mass is 10.1. The first-order chi connectivity index (χ1) is 13.0. The number of aromatic nitrogens is 3. The van der Waals surface area contributed by atoms with Gasteiger partial charge < -0.3 is 9.88 Å². The Morgan fingerprint density at radius 2 is 2.00 bits per heavy atom. The van der Waals surface area contributed by atoms with Crippen molar-refractivity contribution in [2.24, 2.45) is 0 Å². The van der Waals surface area contributed by atoms with E-state index < -0.39 is 11.2 Å². The van der Waals surface area contributed by atoms with Crippen LogP contribution in [0.2, 0.25) is 0 Å². The summed E-state index contributed by atoms with van der Waals surface area (Å²) in [5.41, 5.74) is 2.23. The largest absolute Gasteiger partial charge is 0.356 e. The molecule has 7 nitrogen and oxygen atoms in total. The Labute approximate surface area is 159 Å². The summed E-state index contributed by atoms with van der Waals surface area (Å²) in [6, 6.07) is 9.41. The minimum Gasteiger partial charge on any atom is -0.356 e. The second-order valence-corrected chi connectivity index (χ2v) is 7.16. The monoisotopic (exact) mass is 384 g/mol. The van der Waals surface area contributed by atoms with Crippen LogP contribution in [0.4, 0.5) is 0 Å². The average Bonchev–Trinajstić information content (AvgIpc) is 3.08. The molecule has 0 aliphatic heterocycles. The number of thiazole rings is 1. The molecule has 2 aromatic heterocycles. The topological polar surface area (TPSA) is 96.8 Å². The lowest BCUT2D eigenvalue weighted by molar-refractivity contribution is -0.121. The van der Waals surface area contributed by atoms with E-state index in [9.17, 15) is 14.4 Å². The molecule has 3 aromatic rings. The maximum atomic E-state index is 11.9. The van der Waals surface area contributed by atoms with Crippen molar-refractivity contribution in [3.8, 4) is 11.3 Å². The molecule has 0 aliphatic carbocycles. The number of aromatic amines is 1. The average molecular weight is 384 g/mol. The molecule has 0 atom stereocenters. The van der Waals surface area contributed by atoms with Crippen LogP contribution in [0.25, 0.3) is 11.3 Å². The summed E-state index contributed by atoms with van der Waals surface area (Å²) in [6.07, 6.45) is 2.29. The molecule has 0 unspecified atom stereocenters. The van der Waals surface area contributed by atoms with E-state index >= 15 is 0 Å². The Balaban J connectivity index is 1.44. The number of rotatable bonds is 7. The number of hydrogen-bond donors (Lipinski definition) is 2. The Kier molecular flexibility index (Phi) is 5.97. The van der Waals surface area contributed by atoms with E-state index in [1.165, 1.54) is 16.8 Å². The zero-order valence-corrected chi connectivity index (χ0v) is 15.7. The van der Waals surface area contributed by atoms with Crippen molar-refractivity contribution in [3.05, 3.63) is 73.3 Å². The third kappa shape index (κ3) is 5.24. The third-order valence-corrected chi connectivity index (χ3v) is 4.85. The van der Waals surface area contributed by atoms with Gasteiger partial charge in [-0.15, -0.1) is 11.3 Å². The molecule has 1 amide bonds. The standard InChI is InChI=1S/C19H20N4O3S/c1-13-21-16(12-27-13)15-4-2-14(3-5-15)6-9-20-17(24)7-10-23-11-8-18(25)22-19(23)26/h2-5,8,11-12H,6-7,9-10H2,1H3,(H,20,24)(H,22,25,26). The van der Waals surface area contributed by atoms with Crippen molar-refractivity contribution in [1.29, 1.82) is 0 Å². The fraction of sp³-hybridized carbons (Fsp3) is 0.263. The molecule has 0 spiro atoms. The van der Waals surface area contributed by atoms with E-state index in [0.29, 0.717) is 6.54 Å². The maximum Gasteiger partial charge on any atom is 0.328 e. The van der Waals surface area contributed by atoms with Crippen LogP contribution in [0, 0.1) is 6.92 Å². The smallest absolute Gasteiger partial charge is 0.328 e. The van der Waals surface area contributed by atoms with Gasteiger partial charge in [-0.25, -0.2) is 9.78 Å². The molecule has 140 valence electrons. The molecular formula is C19H20N4O3S. The number of carbonyl (C=O) groups is 1. The number of aryl methyl sites for hydroxylation is 2. The zero-order valence-electron chi connectivity index (χ0n) is 14.9. The van der Waals surface area contributed by atoms with Crippen LogP contribution in [-0.2, 0) is 17.8 Å². The molecule has 2 heterocycles. The van der Waals surface area contributed by atoms with Crippen LogP contribution in [-0.4, -0.2) is 27.0 Å². The highest BCUT2D eigenvalue weighted by Gasteiger charge is 2.05. The van der Waals surface area contributed by atoms with Gasteiger partial charge >= 0.3 is 5.69 Å². The number of nitrogens with one attached hydrogen (secondary N) is 2. The SMILES string of the molecule is Cc1nc(-c2ccc(CCNC(=O)CCn3ccc(=O)[nH]c3=O)cc2)cs1. The molecule has 0 aliphatic rings. The van der Waals surface area contributed by atoms with Gasteiger partial charge in [-0.1, -0.05) is 24.3 Å². The van der Waals surface area contributed by atoms with Crippen molar-refractivity contribution >= 4 is 17.2 Å². The number of nitrogens with zero attached hydrogens (tertiary/aromatic N) is 2. The van der Waals surface area contributed by atoms with Gasteiger partial charge in [0.2, 0.25) is 5.91 Å². The van der Waals surface area contributed by atoms with Crippen LogP contribution in [0.5, 0.6) is 0 Å². The summed E-state index contributed by atoms with van der Waals surface area (Å²) < 4.78 is 1.31. The molecule has 0 saturated heterocycles. The molecule has 27 heavy (non-hydrogen) atoms. The van der Waals surface area contributed by atoms with Gasteiger partial charge in [-0.3, -0.25) is 14.6 Å². The summed E-state index contributed by atoms with van der Waals surface area (Å²) in [7, 11) is 0. The number of benzene rings is 1. The first-order valence-electron chi connectivity index (χ1n) is 8.59. The Hall–Kier alpha value is -3.00. The first kappa shape index (κ1) is 18.8. The van der Waals surface area contributed by atoms with Crippen molar-refractivity contribution in [2.45, 2.75) is 26.3 Å². The zero-order chi connectivity index (χ0) is 19.2. The molecule has 0 fully saturated rings. The molecular weight excluding hydrogens is 364 g/mol. The highest BCUT2D eigenvalue weighted by molar-refractivity contribution is 7.09. The summed E-state index contributed by atoms with van der Waals surface area (Å²) in [6.45, 7) is 2.73. The van der Waals surface area contributed by atoms with E-state index in [4.69, 9.17) is 0 Å². The second-order valence-electron chi connectivity index (χ2n) is 6.10. The molecule has 0 saturated carbocycles. The van der Waals surface area contributed by atoms with Crippen LogP contribution in [0.15, 0.2) is 51.5 Å². The molecule has 0 radical (unpaired) electrons. The number of amides is 1. The quantitative estimate of drug-likeness (QED) is 0.648. The van der Waals surface area contributed by atoms with Crippen molar-refractivity contribution < 1.29 is 4.79 Å². The van der Waals surface area contributed by atoms with Crippen LogP contribution in [0.1, 0.15) is 17.0 Å². The van der Waals surface area contributed by atoms with E-state index in [0.717, 1.165) is 28.2 Å². The highest BCUT2D eigenvalue weighted by Crippen LogP contribution is 2.21. The van der Waals surface area contributed by atoms with Gasteiger partial charge in [0.1, 0.15) is 0 Å². The fourth-order valence-corrected chi connectivity index (χ4v) is 3.24. The number of hydrogen-bond acceptors (Lipinski definition) is 5. The van der Waals surface area contributed by atoms with Crippen molar-refractivity contribution in [1.82, 2.24) is 19.9 Å². The highest BCUT2D eigenvalue weighted by atomic mass is 32.1. The van der Waals surface area contributed by atoms with Gasteiger partial charge in [0, 0.05) is 42.7 Å².